The van der Waals surface area contributed by atoms with Crippen LogP contribution in [0, 0.1) is 0 Å². The molecule has 33 heavy (non-hydrogen) atoms. The second kappa shape index (κ2) is 10.9. The topological polar surface area (TPSA) is 61.4 Å². The van der Waals surface area contributed by atoms with Gasteiger partial charge in [0, 0.05) is 34.1 Å². The maximum atomic E-state index is 12.7. The van der Waals surface area contributed by atoms with Gasteiger partial charge in [0.1, 0.15) is 0 Å². The number of urea groups is 1. The summed E-state index contributed by atoms with van der Waals surface area (Å²) in [4.78, 5) is 12.4. The smallest absolute Gasteiger partial charge is 0.396 e. The van der Waals surface area contributed by atoms with Gasteiger partial charge in [0.05, 0.1) is 12.2 Å². The highest BCUT2D eigenvalue weighted by atomic mass is 35.5. The Morgan fingerprint density at radius 1 is 0.818 bits per heavy atom. The summed E-state index contributed by atoms with van der Waals surface area (Å²) < 4.78 is 38.1. The summed E-state index contributed by atoms with van der Waals surface area (Å²) in [5.74, 6) is -0.665. The first-order valence-corrected chi connectivity index (χ1v) is 10.8. The van der Waals surface area contributed by atoms with E-state index < -0.39 is 17.8 Å². The SMILES string of the molecule is O=C(NCC(c1ccc(Cl)cc1)C(CO)c1ccc(Cl)cc1)Nc1ccc(C(F)(F)F)cc1. The zero-order valence-corrected chi connectivity index (χ0v) is 18.8. The van der Waals surface area contributed by atoms with Crippen LogP contribution >= 0.6 is 23.2 Å². The quantitative estimate of drug-likeness (QED) is 0.341. The van der Waals surface area contributed by atoms with Crippen LogP contribution in [0.15, 0.2) is 72.8 Å². The molecule has 0 aromatic heterocycles. The molecule has 2 atom stereocenters. The monoisotopic (exact) mass is 496 g/mol. The summed E-state index contributed by atoms with van der Waals surface area (Å²) in [5.41, 5.74) is 1.11. The van der Waals surface area contributed by atoms with Crippen LogP contribution in [0.25, 0.3) is 0 Å². The van der Waals surface area contributed by atoms with Crippen molar-refractivity contribution in [1.29, 1.82) is 0 Å². The number of rotatable bonds is 7. The van der Waals surface area contributed by atoms with Gasteiger partial charge in [-0.25, -0.2) is 4.79 Å². The molecule has 3 aromatic carbocycles. The Bertz CT molecular complexity index is 1060. The average molecular weight is 497 g/mol. The number of anilines is 1. The first-order valence-electron chi connectivity index (χ1n) is 10.0. The van der Waals surface area contributed by atoms with Crippen molar-refractivity contribution in [3.05, 3.63) is 99.5 Å². The van der Waals surface area contributed by atoms with Crippen LogP contribution in [0.5, 0.6) is 0 Å². The van der Waals surface area contributed by atoms with Gasteiger partial charge in [-0.1, -0.05) is 47.5 Å². The summed E-state index contributed by atoms with van der Waals surface area (Å²) >= 11 is 12.0. The molecule has 0 radical (unpaired) electrons. The van der Waals surface area contributed by atoms with Gasteiger partial charge in [0.25, 0.3) is 0 Å². The zero-order chi connectivity index (χ0) is 24.0. The van der Waals surface area contributed by atoms with Crippen molar-refractivity contribution in [1.82, 2.24) is 5.32 Å². The molecule has 0 fully saturated rings. The molecule has 0 aliphatic rings. The van der Waals surface area contributed by atoms with E-state index in [1.54, 1.807) is 24.3 Å². The lowest BCUT2D eigenvalue weighted by molar-refractivity contribution is -0.137. The van der Waals surface area contributed by atoms with Gasteiger partial charge in [-0.15, -0.1) is 0 Å². The highest BCUT2D eigenvalue weighted by molar-refractivity contribution is 6.30. The van der Waals surface area contributed by atoms with Gasteiger partial charge in [0.15, 0.2) is 0 Å². The van der Waals surface area contributed by atoms with E-state index >= 15 is 0 Å². The van der Waals surface area contributed by atoms with Gasteiger partial charge in [-0.05, 0) is 59.7 Å². The molecule has 0 aliphatic heterocycles. The minimum absolute atomic E-state index is 0.155. The molecule has 2 unspecified atom stereocenters. The Kier molecular flexibility index (Phi) is 8.24. The van der Waals surface area contributed by atoms with E-state index in [2.05, 4.69) is 10.6 Å². The van der Waals surface area contributed by atoms with E-state index in [4.69, 9.17) is 23.2 Å². The molecule has 3 N–H and O–H groups in total. The standard InChI is InChI=1S/C24H21Cl2F3N2O2/c25-18-7-1-15(2-8-18)21(22(14-32)16-3-9-19(26)10-4-16)13-30-23(33)31-20-11-5-17(6-12-20)24(27,28)29/h1-12,21-22,32H,13-14H2,(H2,30,31,33). The Balaban J connectivity index is 1.75. The number of carbonyl (C=O) groups excluding carboxylic acids is 1. The number of carbonyl (C=O) groups is 1. The first-order chi connectivity index (χ1) is 15.7. The second-order valence-corrected chi connectivity index (χ2v) is 8.28. The van der Waals surface area contributed by atoms with E-state index in [1.807, 2.05) is 24.3 Å². The third-order valence-electron chi connectivity index (χ3n) is 5.23. The molecular weight excluding hydrogens is 476 g/mol. The van der Waals surface area contributed by atoms with Crippen LogP contribution < -0.4 is 10.6 Å². The van der Waals surface area contributed by atoms with Gasteiger partial charge >= 0.3 is 12.2 Å². The molecule has 4 nitrogen and oxygen atoms in total. The Hall–Kier alpha value is -2.74. The van der Waals surface area contributed by atoms with Gasteiger partial charge < -0.3 is 15.7 Å². The molecule has 0 aliphatic carbocycles. The van der Waals surface area contributed by atoms with Gasteiger partial charge in [-0.3, -0.25) is 0 Å². The fourth-order valence-corrected chi connectivity index (χ4v) is 3.75. The Labute approximate surface area is 199 Å². The summed E-state index contributed by atoms with van der Waals surface area (Å²) in [6, 6.07) is 17.7. The summed E-state index contributed by atoms with van der Waals surface area (Å²) in [6.45, 7) is -0.0287. The molecule has 3 rings (SSSR count). The van der Waals surface area contributed by atoms with Crippen LogP contribution in [0.1, 0.15) is 28.5 Å². The number of benzene rings is 3. The molecule has 0 saturated carbocycles. The predicted molar refractivity (Wildman–Crippen MR) is 124 cm³/mol. The largest absolute Gasteiger partial charge is 0.416 e. The maximum Gasteiger partial charge on any atom is 0.416 e. The van der Waals surface area contributed by atoms with E-state index in [0.29, 0.717) is 10.0 Å². The van der Waals surface area contributed by atoms with Crippen LogP contribution in [-0.2, 0) is 6.18 Å². The zero-order valence-electron chi connectivity index (χ0n) is 17.2. The molecular formula is C24H21Cl2F3N2O2. The van der Waals surface area contributed by atoms with Crippen molar-refractivity contribution in [2.45, 2.75) is 18.0 Å². The lowest BCUT2D eigenvalue weighted by atomic mass is 9.82. The number of alkyl halides is 3. The summed E-state index contributed by atoms with van der Waals surface area (Å²) in [5, 5.41) is 16.5. The number of amides is 2. The molecule has 9 heteroatoms. The van der Waals surface area contributed by atoms with E-state index in [0.717, 1.165) is 23.3 Å². The van der Waals surface area contributed by atoms with Crippen LogP contribution in [-0.4, -0.2) is 24.3 Å². The van der Waals surface area contributed by atoms with Crippen molar-refractivity contribution < 1.29 is 23.1 Å². The van der Waals surface area contributed by atoms with Gasteiger partial charge in [0.2, 0.25) is 0 Å². The van der Waals surface area contributed by atoms with E-state index in [-0.39, 0.29) is 30.7 Å². The third-order valence-corrected chi connectivity index (χ3v) is 5.74. The summed E-state index contributed by atoms with van der Waals surface area (Å²) in [6.07, 6.45) is -4.45. The van der Waals surface area contributed by atoms with Crippen LogP contribution in [0.3, 0.4) is 0 Å². The molecule has 0 saturated heterocycles. The third kappa shape index (κ3) is 6.87. The highest BCUT2D eigenvalue weighted by Gasteiger charge is 2.30. The average Bonchev–Trinajstić information content (AvgIpc) is 2.78. The highest BCUT2D eigenvalue weighted by Crippen LogP contribution is 2.34. The number of hydrogen-bond donors (Lipinski definition) is 3. The van der Waals surface area contributed by atoms with Crippen molar-refractivity contribution in [2.75, 3.05) is 18.5 Å². The lowest BCUT2D eigenvalue weighted by Gasteiger charge is -2.27. The van der Waals surface area contributed by atoms with Crippen molar-refractivity contribution in [2.24, 2.45) is 0 Å². The number of nitrogens with one attached hydrogen (secondary N) is 2. The molecule has 174 valence electrons. The van der Waals surface area contributed by atoms with Crippen LogP contribution in [0.4, 0.5) is 23.7 Å². The molecule has 3 aromatic rings. The minimum atomic E-state index is -4.45. The fraction of sp³-hybridized carbons (Fsp3) is 0.208. The van der Waals surface area contributed by atoms with Crippen molar-refractivity contribution in [3.8, 4) is 0 Å². The summed E-state index contributed by atoms with van der Waals surface area (Å²) in [7, 11) is 0. The van der Waals surface area contributed by atoms with Crippen molar-refractivity contribution in [3.63, 3.8) is 0 Å². The normalized spacial score (nSPS) is 13.3. The maximum absolute atomic E-state index is 12.7. The van der Waals surface area contributed by atoms with E-state index in [9.17, 15) is 23.1 Å². The van der Waals surface area contributed by atoms with E-state index in [1.165, 1.54) is 12.1 Å². The predicted octanol–water partition coefficient (Wildman–Crippen LogP) is 6.69. The molecule has 0 heterocycles. The molecule has 0 spiro atoms. The number of halogens is 5. The number of hydrogen-bond acceptors (Lipinski definition) is 2. The fourth-order valence-electron chi connectivity index (χ4n) is 3.50. The Morgan fingerprint density at radius 3 is 1.76 bits per heavy atom. The minimum Gasteiger partial charge on any atom is -0.396 e. The van der Waals surface area contributed by atoms with Crippen molar-refractivity contribution >= 4 is 34.9 Å². The van der Waals surface area contributed by atoms with Gasteiger partial charge in [-0.2, -0.15) is 13.2 Å². The molecule has 2 amide bonds. The molecule has 0 bridgehead atoms. The first kappa shape index (κ1) is 24.9. The number of aliphatic hydroxyl groups excluding tert-OH is 1. The van der Waals surface area contributed by atoms with Crippen LogP contribution in [0.2, 0.25) is 10.0 Å². The lowest BCUT2D eigenvalue weighted by Crippen LogP contribution is -2.35. The second-order valence-electron chi connectivity index (χ2n) is 7.41. The Morgan fingerprint density at radius 2 is 1.30 bits per heavy atom. The number of aliphatic hydroxyl groups is 1.